The Morgan fingerprint density at radius 3 is 2.60 bits per heavy atom. The van der Waals surface area contributed by atoms with E-state index >= 15 is 0 Å². The summed E-state index contributed by atoms with van der Waals surface area (Å²) in [4.78, 5) is 11.0. The van der Waals surface area contributed by atoms with E-state index in [1.807, 2.05) is 25.1 Å². The predicted molar refractivity (Wildman–Crippen MR) is 59.0 cm³/mol. The monoisotopic (exact) mass is 224 g/mol. The van der Waals surface area contributed by atoms with Gasteiger partial charge < -0.3 is 9.47 Å². The molecule has 0 saturated carbocycles. The Kier molecular flexibility index (Phi) is 2.86. The standard InChI is InChI=1S/C11H12O3S/c1-11(7-8-15-11)14-10(12)13-9-5-3-2-4-6-9/h2-6H,7-8H2,1H3. The Balaban J connectivity index is 1.87. The first-order chi connectivity index (χ1) is 7.18. The van der Waals surface area contributed by atoms with Crippen molar-refractivity contribution in [2.45, 2.75) is 18.3 Å². The van der Waals surface area contributed by atoms with Crippen LogP contribution >= 0.6 is 11.8 Å². The first-order valence-electron chi connectivity index (χ1n) is 4.78. The van der Waals surface area contributed by atoms with E-state index in [0.29, 0.717) is 5.75 Å². The van der Waals surface area contributed by atoms with Gasteiger partial charge in [0.15, 0.2) is 4.93 Å². The van der Waals surface area contributed by atoms with Crippen LogP contribution in [0, 0.1) is 0 Å². The largest absolute Gasteiger partial charge is 0.515 e. The van der Waals surface area contributed by atoms with Gasteiger partial charge in [0.1, 0.15) is 5.75 Å². The number of para-hydroxylation sites is 1. The summed E-state index contributed by atoms with van der Waals surface area (Å²) in [7, 11) is 0. The van der Waals surface area contributed by atoms with E-state index in [1.165, 1.54) is 0 Å². The molecule has 0 aliphatic carbocycles. The van der Waals surface area contributed by atoms with E-state index in [2.05, 4.69) is 0 Å². The van der Waals surface area contributed by atoms with Gasteiger partial charge in [0, 0.05) is 12.2 Å². The number of ether oxygens (including phenoxy) is 2. The molecule has 1 aliphatic rings. The maximum atomic E-state index is 11.4. The lowest BCUT2D eigenvalue weighted by molar-refractivity contribution is 0.0417. The molecule has 0 radical (unpaired) electrons. The highest BCUT2D eigenvalue weighted by Gasteiger charge is 2.37. The third kappa shape index (κ3) is 2.65. The zero-order valence-corrected chi connectivity index (χ0v) is 9.25. The minimum atomic E-state index is -0.629. The number of rotatable bonds is 2. The average molecular weight is 224 g/mol. The predicted octanol–water partition coefficient (Wildman–Crippen LogP) is 3.06. The lowest BCUT2D eigenvalue weighted by Gasteiger charge is -2.35. The first-order valence-corrected chi connectivity index (χ1v) is 5.76. The molecule has 1 saturated heterocycles. The molecule has 2 rings (SSSR count). The molecule has 0 N–H and O–H groups in total. The third-order valence-electron chi connectivity index (χ3n) is 2.21. The van der Waals surface area contributed by atoms with Gasteiger partial charge in [-0.15, -0.1) is 11.8 Å². The minimum absolute atomic E-state index is 0.383. The summed E-state index contributed by atoms with van der Waals surface area (Å²) in [5.74, 6) is 1.55. The Morgan fingerprint density at radius 1 is 1.40 bits per heavy atom. The van der Waals surface area contributed by atoms with E-state index in [0.717, 1.165) is 12.2 Å². The maximum Gasteiger partial charge on any atom is 0.515 e. The topological polar surface area (TPSA) is 35.5 Å². The van der Waals surface area contributed by atoms with Gasteiger partial charge in [0.25, 0.3) is 0 Å². The molecule has 4 heteroatoms. The Morgan fingerprint density at radius 2 is 2.07 bits per heavy atom. The zero-order valence-electron chi connectivity index (χ0n) is 8.43. The molecule has 3 nitrogen and oxygen atoms in total. The van der Waals surface area contributed by atoms with Crippen LogP contribution in [-0.4, -0.2) is 16.8 Å². The molecule has 1 unspecified atom stereocenters. The van der Waals surface area contributed by atoms with Crippen LogP contribution in [-0.2, 0) is 4.74 Å². The van der Waals surface area contributed by atoms with Gasteiger partial charge >= 0.3 is 6.16 Å². The molecule has 1 atom stereocenters. The molecule has 1 aromatic rings. The van der Waals surface area contributed by atoms with Crippen molar-refractivity contribution in [3.8, 4) is 5.75 Å². The van der Waals surface area contributed by atoms with Gasteiger partial charge in [-0.05, 0) is 19.1 Å². The Labute approximate surface area is 92.8 Å². The van der Waals surface area contributed by atoms with Crippen LogP contribution in [0.25, 0.3) is 0 Å². The number of benzene rings is 1. The fourth-order valence-electron chi connectivity index (χ4n) is 1.25. The molecule has 1 aromatic carbocycles. The van der Waals surface area contributed by atoms with Crippen molar-refractivity contribution in [2.75, 3.05) is 5.75 Å². The van der Waals surface area contributed by atoms with Crippen LogP contribution in [0.2, 0.25) is 0 Å². The molecular weight excluding hydrogens is 212 g/mol. The highest BCUT2D eigenvalue weighted by molar-refractivity contribution is 8.01. The Bertz CT molecular complexity index is 346. The number of carbonyl (C=O) groups is 1. The van der Waals surface area contributed by atoms with Crippen molar-refractivity contribution in [3.05, 3.63) is 30.3 Å². The van der Waals surface area contributed by atoms with Gasteiger partial charge in [0.05, 0.1) is 0 Å². The van der Waals surface area contributed by atoms with Crippen LogP contribution in [0.1, 0.15) is 13.3 Å². The highest BCUT2D eigenvalue weighted by Crippen LogP contribution is 2.41. The lowest BCUT2D eigenvalue weighted by Crippen LogP contribution is -2.37. The molecule has 0 bridgehead atoms. The van der Waals surface area contributed by atoms with Gasteiger partial charge in [-0.2, -0.15) is 0 Å². The normalized spacial score (nSPS) is 24.1. The van der Waals surface area contributed by atoms with Crippen molar-refractivity contribution >= 4 is 17.9 Å². The summed E-state index contributed by atoms with van der Waals surface area (Å²) in [6, 6.07) is 8.92. The lowest BCUT2D eigenvalue weighted by atomic mass is 10.3. The smallest absolute Gasteiger partial charge is 0.417 e. The molecule has 80 valence electrons. The van der Waals surface area contributed by atoms with E-state index in [1.54, 1.807) is 23.9 Å². The molecule has 1 aliphatic heterocycles. The van der Waals surface area contributed by atoms with Crippen LogP contribution in [0.5, 0.6) is 5.75 Å². The molecule has 0 aromatic heterocycles. The van der Waals surface area contributed by atoms with Crippen molar-refractivity contribution in [1.82, 2.24) is 0 Å². The van der Waals surface area contributed by atoms with Crippen LogP contribution < -0.4 is 4.74 Å². The molecule has 0 spiro atoms. The minimum Gasteiger partial charge on any atom is -0.417 e. The summed E-state index contributed by atoms with van der Waals surface area (Å²) in [6.45, 7) is 1.90. The second-order valence-electron chi connectivity index (χ2n) is 3.50. The number of hydrogen-bond acceptors (Lipinski definition) is 4. The van der Waals surface area contributed by atoms with Crippen molar-refractivity contribution in [2.24, 2.45) is 0 Å². The van der Waals surface area contributed by atoms with Crippen LogP contribution in [0.15, 0.2) is 30.3 Å². The summed E-state index contributed by atoms with van der Waals surface area (Å²) in [5, 5.41) is 0. The number of carbonyl (C=O) groups excluding carboxylic acids is 1. The first kappa shape index (κ1) is 10.4. The second kappa shape index (κ2) is 4.14. The van der Waals surface area contributed by atoms with Gasteiger partial charge in [-0.25, -0.2) is 4.79 Å². The van der Waals surface area contributed by atoms with Crippen molar-refractivity contribution < 1.29 is 14.3 Å². The van der Waals surface area contributed by atoms with E-state index in [-0.39, 0.29) is 4.93 Å². The van der Waals surface area contributed by atoms with Gasteiger partial charge in [-0.3, -0.25) is 0 Å². The molecule has 1 fully saturated rings. The number of hydrogen-bond donors (Lipinski definition) is 0. The average Bonchev–Trinajstić information content (AvgIpc) is 2.16. The van der Waals surface area contributed by atoms with E-state index in [9.17, 15) is 4.79 Å². The van der Waals surface area contributed by atoms with Crippen LogP contribution in [0.4, 0.5) is 4.79 Å². The highest BCUT2D eigenvalue weighted by atomic mass is 32.2. The number of thioether (sulfide) groups is 1. The SMILES string of the molecule is CC1(OC(=O)Oc2ccccc2)CCS1. The maximum absolute atomic E-state index is 11.4. The summed E-state index contributed by atoms with van der Waals surface area (Å²) in [6.07, 6.45) is 0.262. The molecular formula is C11H12O3S. The second-order valence-corrected chi connectivity index (χ2v) is 5.06. The Hall–Kier alpha value is -1.16. The quantitative estimate of drug-likeness (QED) is 0.571. The van der Waals surface area contributed by atoms with Gasteiger partial charge in [0.2, 0.25) is 0 Å². The summed E-state index contributed by atoms with van der Waals surface area (Å²) in [5.41, 5.74) is 0. The van der Waals surface area contributed by atoms with Crippen LogP contribution in [0.3, 0.4) is 0 Å². The fourth-order valence-corrected chi connectivity index (χ4v) is 2.16. The van der Waals surface area contributed by atoms with Crippen molar-refractivity contribution in [1.29, 1.82) is 0 Å². The molecule has 15 heavy (non-hydrogen) atoms. The third-order valence-corrected chi connectivity index (χ3v) is 3.51. The zero-order chi connectivity index (χ0) is 10.7. The fraction of sp³-hybridized carbons (Fsp3) is 0.364. The van der Waals surface area contributed by atoms with E-state index in [4.69, 9.17) is 9.47 Å². The van der Waals surface area contributed by atoms with Crippen molar-refractivity contribution in [3.63, 3.8) is 0 Å². The molecule has 0 amide bonds. The summed E-state index contributed by atoms with van der Waals surface area (Å²) < 4.78 is 10.2. The summed E-state index contributed by atoms with van der Waals surface area (Å²) >= 11 is 1.62. The molecule has 1 heterocycles. The van der Waals surface area contributed by atoms with E-state index < -0.39 is 6.16 Å². The van der Waals surface area contributed by atoms with Gasteiger partial charge in [-0.1, -0.05) is 18.2 Å².